The van der Waals surface area contributed by atoms with Crippen LogP contribution in [0.25, 0.3) is 11.4 Å². The summed E-state index contributed by atoms with van der Waals surface area (Å²) in [6.07, 6.45) is 3.32. The van der Waals surface area contributed by atoms with E-state index in [4.69, 9.17) is 0 Å². The van der Waals surface area contributed by atoms with Gasteiger partial charge in [0.1, 0.15) is 6.54 Å². The second-order valence-corrected chi connectivity index (χ2v) is 6.39. The van der Waals surface area contributed by atoms with E-state index < -0.39 is 0 Å². The number of likely N-dealkylation sites (tertiary alicyclic amines) is 1. The highest BCUT2D eigenvalue weighted by atomic mass is 16.2. The number of carbonyl (C=O) groups excluding carboxylic acids is 1. The van der Waals surface area contributed by atoms with Crippen LogP contribution < -0.4 is 0 Å². The van der Waals surface area contributed by atoms with E-state index in [1.54, 1.807) is 0 Å². The van der Waals surface area contributed by atoms with Crippen molar-refractivity contribution in [3.8, 4) is 11.4 Å². The zero-order valence-corrected chi connectivity index (χ0v) is 13.9. The van der Waals surface area contributed by atoms with E-state index in [2.05, 4.69) is 29.3 Å². The number of hydrogen-bond acceptors (Lipinski definition) is 4. The number of tetrazole rings is 1. The van der Waals surface area contributed by atoms with Gasteiger partial charge in [-0.15, -0.1) is 10.2 Å². The number of hydrogen-bond donors (Lipinski definition) is 0. The quantitative estimate of drug-likeness (QED) is 0.873. The first-order chi connectivity index (χ1) is 11.1. The van der Waals surface area contributed by atoms with E-state index >= 15 is 0 Å². The molecular weight excluding hydrogens is 290 g/mol. The van der Waals surface area contributed by atoms with Gasteiger partial charge in [-0.05, 0) is 50.8 Å². The Labute approximate surface area is 136 Å². The third kappa shape index (κ3) is 3.25. The van der Waals surface area contributed by atoms with Crippen LogP contribution >= 0.6 is 0 Å². The maximum Gasteiger partial charge on any atom is 0.246 e. The molecule has 0 N–H and O–H groups in total. The number of carbonyl (C=O) groups is 1. The molecule has 1 aliphatic rings. The predicted molar refractivity (Wildman–Crippen MR) is 87.6 cm³/mol. The molecule has 1 saturated heterocycles. The second kappa shape index (κ2) is 6.48. The van der Waals surface area contributed by atoms with E-state index in [0.29, 0.717) is 5.82 Å². The van der Waals surface area contributed by atoms with Gasteiger partial charge in [0.05, 0.1) is 0 Å². The molecule has 2 atom stereocenters. The van der Waals surface area contributed by atoms with Gasteiger partial charge in [-0.2, -0.15) is 4.80 Å². The predicted octanol–water partition coefficient (Wildman–Crippen LogP) is 2.44. The van der Waals surface area contributed by atoms with Crippen molar-refractivity contribution in [3.63, 3.8) is 0 Å². The summed E-state index contributed by atoms with van der Waals surface area (Å²) < 4.78 is 0. The number of aryl methyl sites for hydroxylation is 1. The Kier molecular flexibility index (Phi) is 4.41. The molecular formula is C17H23N5O. The summed E-state index contributed by atoms with van der Waals surface area (Å²) >= 11 is 0. The largest absolute Gasteiger partial charge is 0.336 e. The average molecular weight is 313 g/mol. The monoisotopic (exact) mass is 313 g/mol. The lowest BCUT2D eigenvalue weighted by atomic mass is 9.97. The molecule has 1 fully saturated rings. The number of amides is 1. The number of benzene rings is 1. The standard InChI is InChI=1S/C17H23N5O/c1-12-7-4-5-10-15(12)17-18-20-21(19-17)11-16(23)22-13(2)8-6-9-14(22)3/h4-5,7,10,13-14H,6,8-9,11H2,1-3H3/t13-,14-/m0/s1. The zero-order valence-electron chi connectivity index (χ0n) is 13.9. The van der Waals surface area contributed by atoms with Crippen LogP contribution in [-0.2, 0) is 11.3 Å². The lowest BCUT2D eigenvalue weighted by Gasteiger charge is -2.38. The molecule has 122 valence electrons. The fourth-order valence-electron chi connectivity index (χ4n) is 3.36. The summed E-state index contributed by atoms with van der Waals surface area (Å²) in [5.74, 6) is 0.633. The first kappa shape index (κ1) is 15.6. The lowest BCUT2D eigenvalue weighted by molar-refractivity contribution is -0.138. The minimum Gasteiger partial charge on any atom is -0.336 e. The molecule has 6 heteroatoms. The summed E-state index contributed by atoms with van der Waals surface area (Å²) in [4.78, 5) is 16.0. The van der Waals surface area contributed by atoms with E-state index in [9.17, 15) is 4.79 Å². The van der Waals surface area contributed by atoms with Crippen LogP contribution in [0.4, 0.5) is 0 Å². The number of piperidine rings is 1. The van der Waals surface area contributed by atoms with Gasteiger partial charge in [-0.1, -0.05) is 24.3 Å². The molecule has 2 heterocycles. The van der Waals surface area contributed by atoms with Crippen molar-refractivity contribution in [2.24, 2.45) is 0 Å². The minimum absolute atomic E-state index is 0.0680. The molecule has 3 rings (SSSR count). The Morgan fingerprint density at radius 1 is 1.22 bits per heavy atom. The fraction of sp³-hybridized carbons (Fsp3) is 0.529. The number of rotatable bonds is 3. The van der Waals surface area contributed by atoms with Crippen molar-refractivity contribution in [2.75, 3.05) is 0 Å². The second-order valence-electron chi connectivity index (χ2n) is 6.39. The molecule has 0 spiro atoms. The van der Waals surface area contributed by atoms with Crippen LogP contribution in [0.5, 0.6) is 0 Å². The smallest absolute Gasteiger partial charge is 0.246 e. The first-order valence-corrected chi connectivity index (χ1v) is 8.21. The molecule has 6 nitrogen and oxygen atoms in total. The summed E-state index contributed by atoms with van der Waals surface area (Å²) in [6, 6.07) is 8.47. The van der Waals surface area contributed by atoms with Crippen molar-refractivity contribution in [1.82, 2.24) is 25.1 Å². The lowest BCUT2D eigenvalue weighted by Crippen LogP contribution is -2.48. The minimum atomic E-state index is 0.0680. The van der Waals surface area contributed by atoms with Crippen molar-refractivity contribution in [2.45, 2.75) is 58.7 Å². The third-order valence-electron chi connectivity index (χ3n) is 4.60. The average Bonchev–Trinajstić information content (AvgIpc) is 2.95. The van der Waals surface area contributed by atoms with Crippen LogP contribution in [0, 0.1) is 6.92 Å². The molecule has 23 heavy (non-hydrogen) atoms. The molecule has 1 aromatic carbocycles. The van der Waals surface area contributed by atoms with Gasteiger partial charge in [-0.3, -0.25) is 4.79 Å². The van der Waals surface area contributed by atoms with E-state index in [1.165, 1.54) is 11.2 Å². The fourth-order valence-corrected chi connectivity index (χ4v) is 3.36. The van der Waals surface area contributed by atoms with Gasteiger partial charge in [0, 0.05) is 17.6 Å². The van der Waals surface area contributed by atoms with E-state index in [0.717, 1.165) is 24.0 Å². The van der Waals surface area contributed by atoms with E-state index in [-0.39, 0.29) is 24.5 Å². The van der Waals surface area contributed by atoms with Crippen LogP contribution in [0.1, 0.15) is 38.7 Å². The number of aromatic nitrogens is 4. The van der Waals surface area contributed by atoms with Crippen LogP contribution in [-0.4, -0.2) is 43.1 Å². The van der Waals surface area contributed by atoms with Crippen molar-refractivity contribution in [3.05, 3.63) is 29.8 Å². The van der Waals surface area contributed by atoms with Gasteiger partial charge in [0.15, 0.2) is 0 Å². The van der Waals surface area contributed by atoms with Gasteiger partial charge in [0.25, 0.3) is 0 Å². The maximum atomic E-state index is 12.6. The molecule has 0 aliphatic carbocycles. The molecule has 1 aliphatic heterocycles. The Balaban J connectivity index is 1.74. The van der Waals surface area contributed by atoms with Crippen LogP contribution in [0.2, 0.25) is 0 Å². The zero-order chi connectivity index (χ0) is 16.4. The Morgan fingerprint density at radius 2 is 1.91 bits per heavy atom. The molecule has 1 aromatic heterocycles. The molecule has 0 unspecified atom stereocenters. The van der Waals surface area contributed by atoms with Gasteiger partial charge in [0.2, 0.25) is 11.7 Å². The SMILES string of the molecule is Cc1ccccc1-c1nnn(CC(=O)N2[C@@H](C)CCC[C@@H]2C)n1. The van der Waals surface area contributed by atoms with Crippen LogP contribution in [0.15, 0.2) is 24.3 Å². The highest BCUT2D eigenvalue weighted by Crippen LogP contribution is 2.23. The van der Waals surface area contributed by atoms with E-state index in [1.807, 2.05) is 36.1 Å². The highest BCUT2D eigenvalue weighted by molar-refractivity contribution is 5.76. The number of nitrogens with zero attached hydrogens (tertiary/aromatic N) is 5. The summed E-state index contributed by atoms with van der Waals surface area (Å²) in [5, 5.41) is 12.5. The Morgan fingerprint density at radius 3 is 2.61 bits per heavy atom. The Bertz CT molecular complexity index is 686. The van der Waals surface area contributed by atoms with Crippen LogP contribution in [0.3, 0.4) is 0 Å². The van der Waals surface area contributed by atoms with Crippen molar-refractivity contribution in [1.29, 1.82) is 0 Å². The topological polar surface area (TPSA) is 63.9 Å². The highest BCUT2D eigenvalue weighted by Gasteiger charge is 2.29. The summed E-state index contributed by atoms with van der Waals surface area (Å²) in [6.45, 7) is 6.38. The molecule has 0 radical (unpaired) electrons. The van der Waals surface area contributed by atoms with Gasteiger partial charge >= 0.3 is 0 Å². The molecule has 0 saturated carbocycles. The van der Waals surface area contributed by atoms with Gasteiger partial charge in [-0.25, -0.2) is 0 Å². The molecule has 2 aromatic rings. The first-order valence-electron chi connectivity index (χ1n) is 8.21. The Hall–Kier alpha value is -2.24. The van der Waals surface area contributed by atoms with Gasteiger partial charge < -0.3 is 4.90 Å². The maximum absolute atomic E-state index is 12.6. The van der Waals surface area contributed by atoms with Crippen molar-refractivity contribution >= 4 is 5.91 Å². The normalized spacial score (nSPS) is 21.4. The molecule has 1 amide bonds. The molecule has 0 bridgehead atoms. The summed E-state index contributed by atoms with van der Waals surface area (Å²) in [7, 11) is 0. The third-order valence-corrected chi connectivity index (χ3v) is 4.60. The summed E-state index contributed by atoms with van der Waals surface area (Å²) in [5.41, 5.74) is 2.04. The van der Waals surface area contributed by atoms with Crippen molar-refractivity contribution < 1.29 is 4.79 Å².